The SMILES string of the molecule is Cc1sc2nc(SCn3nnc4ccccc4c3=O)n(C3CCCC3)c(=O)c2c1C. The minimum absolute atomic E-state index is 0.0354. The van der Waals surface area contributed by atoms with Crippen molar-refractivity contribution in [3.8, 4) is 0 Å². The summed E-state index contributed by atoms with van der Waals surface area (Å²) >= 11 is 2.92. The van der Waals surface area contributed by atoms with Gasteiger partial charge < -0.3 is 0 Å². The zero-order valence-corrected chi connectivity index (χ0v) is 18.4. The van der Waals surface area contributed by atoms with Crippen LogP contribution in [0, 0.1) is 13.8 Å². The lowest BCUT2D eigenvalue weighted by molar-refractivity contribution is 0.457. The highest BCUT2D eigenvalue weighted by Crippen LogP contribution is 2.34. The number of aromatic nitrogens is 5. The van der Waals surface area contributed by atoms with Crippen molar-refractivity contribution in [2.24, 2.45) is 0 Å². The van der Waals surface area contributed by atoms with E-state index in [1.54, 1.807) is 23.5 Å². The van der Waals surface area contributed by atoms with E-state index in [1.165, 1.54) is 16.4 Å². The summed E-state index contributed by atoms with van der Waals surface area (Å²) in [6, 6.07) is 7.34. The Hall–Kier alpha value is -2.52. The van der Waals surface area contributed by atoms with Crippen molar-refractivity contribution in [1.82, 2.24) is 24.5 Å². The van der Waals surface area contributed by atoms with E-state index in [0.29, 0.717) is 16.1 Å². The van der Waals surface area contributed by atoms with Crippen molar-refractivity contribution >= 4 is 44.2 Å². The molecule has 0 radical (unpaired) electrons. The van der Waals surface area contributed by atoms with Crippen LogP contribution in [0.15, 0.2) is 39.0 Å². The largest absolute Gasteiger partial charge is 0.284 e. The molecular weight excluding hydrogens is 418 g/mol. The Balaban J connectivity index is 1.58. The van der Waals surface area contributed by atoms with Crippen molar-refractivity contribution in [3.63, 3.8) is 0 Å². The Bertz CT molecular complexity index is 1380. The standard InChI is InChI=1S/C21H21N5O2S2/c1-12-13(2)30-18-17(12)20(28)26(14-7-3-4-8-14)21(22-18)29-11-25-19(27)15-9-5-6-10-16(15)23-24-25/h5-6,9-10,14H,3-4,7-8,11H2,1-2H3. The molecule has 0 atom stereocenters. The number of benzene rings is 1. The van der Waals surface area contributed by atoms with Crippen LogP contribution in [0.2, 0.25) is 0 Å². The van der Waals surface area contributed by atoms with Crippen LogP contribution in [0.1, 0.15) is 42.2 Å². The number of fused-ring (bicyclic) bond motifs is 2. The van der Waals surface area contributed by atoms with Gasteiger partial charge in [-0.2, -0.15) is 4.68 Å². The molecular formula is C21H21N5O2S2. The van der Waals surface area contributed by atoms with Crippen LogP contribution >= 0.6 is 23.1 Å². The van der Waals surface area contributed by atoms with Crippen LogP contribution in [0.25, 0.3) is 21.1 Å². The Labute approximate surface area is 180 Å². The fourth-order valence-electron chi connectivity index (χ4n) is 4.10. The van der Waals surface area contributed by atoms with Crippen molar-refractivity contribution in [1.29, 1.82) is 0 Å². The second-order valence-corrected chi connectivity index (χ2v) is 9.77. The van der Waals surface area contributed by atoms with Gasteiger partial charge in [0.1, 0.15) is 10.3 Å². The summed E-state index contributed by atoms with van der Waals surface area (Å²) in [7, 11) is 0. The monoisotopic (exact) mass is 439 g/mol. The van der Waals surface area contributed by atoms with Crippen LogP contribution in [0.3, 0.4) is 0 Å². The lowest BCUT2D eigenvalue weighted by Gasteiger charge is -2.18. The van der Waals surface area contributed by atoms with Crippen LogP contribution in [-0.2, 0) is 5.88 Å². The van der Waals surface area contributed by atoms with Gasteiger partial charge in [0, 0.05) is 10.9 Å². The van der Waals surface area contributed by atoms with Crippen molar-refractivity contribution in [3.05, 3.63) is 55.4 Å². The third-order valence-corrected chi connectivity index (χ3v) is 7.86. The van der Waals surface area contributed by atoms with E-state index in [0.717, 1.165) is 46.3 Å². The molecule has 154 valence electrons. The predicted molar refractivity (Wildman–Crippen MR) is 121 cm³/mol. The maximum atomic E-state index is 13.4. The Morgan fingerprint density at radius 1 is 1.13 bits per heavy atom. The van der Waals surface area contributed by atoms with Gasteiger partial charge in [-0.15, -0.1) is 16.4 Å². The van der Waals surface area contributed by atoms with Gasteiger partial charge in [0.15, 0.2) is 5.16 Å². The third-order valence-electron chi connectivity index (χ3n) is 5.84. The fraction of sp³-hybridized carbons (Fsp3) is 0.381. The summed E-state index contributed by atoms with van der Waals surface area (Å²) in [5.74, 6) is 0.255. The van der Waals surface area contributed by atoms with E-state index in [4.69, 9.17) is 4.98 Å². The minimum atomic E-state index is -0.188. The lowest BCUT2D eigenvalue weighted by atomic mass is 10.2. The molecule has 0 amide bonds. The number of hydrogen-bond donors (Lipinski definition) is 0. The maximum absolute atomic E-state index is 13.4. The minimum Gasteiger partial charge on any atom is -0.284 e. The van der Waals surface area contributed by atoms with Crippen LogP contribution in [0.4, 0.5) is 0 Å². The van der Waals surface area contributed by atoms with Crippen LogP contribution in [0.5, 0.6) is 0 Å². The first-order valence-corrected chi connectivity index (χ1v) is 11.8. The zero-order chi connectivity index (χ0) is 20.8. The molecule has 0 saturated heterocycles. The molecule has 1 aliphatic rings. The van der Waals surface area contributed by atoms with Gasteiger partial charge in [0.05, 0.1) is 16.6 Å². The lowest BCUT2D eigenvalue weighted by Crippen LogP contribution is -2.27. The summed E-state index contributed by atoms with van der Waals surface area (Å²) in [4.78, 5) is 33.0. The quantitative estimate of drug-likeness (QED) is 0.352. The van der Waals surface area contributed by atoms with E-state index in [9.17, 15) is 9.59 Å². The summed E-state index contributed by atoms with van der Waals surface area (Å²) in [6.45, 7) is 4.02. The van der Waals surface area contributed by atoms with E-state index in [2.05, 4.69) is 10.3 Å². The zero-order valence-electron chi connectivity index (χ0n) is 16.8. The summed E-state index contributed by atoms with van der Waals surface area (Å²) < 4.78 is 3.20. The molecule has 1 fully saturated rings. The molecule has 3 heterocycles. The molecule has 1 saturated carbocycles. The number of aryl methyl sites for hydroxylation is 2. The van der Waals surface area contributed by atoms with Gasteiger partial charge in [0.2, 0.25) is 0 Å². The molecule has 5 rings (SSSR count). The summed E-state index contributed by atoms with van der Waals surface area (Å²) in [5.41, 5.74) is 1.45. The first-order valence-electron chi connectivity index (χ1n) is 10.0. The Morgan fingerprint density at radius 2 is 1.90 bits per heavy atom. The van der Waals surface area contributed by atoms with Crippen molar-refractivity contribution in [2.45, 2.75) is 56.6 Å². The third kappa shape index (κ3) is 3.16. The van der Waals surface area contributed by atoms with E-state index >= 15 is 0 Å². The molecule has 0 spiro atoms. The number of thioether (sulfide) groups is 1. The number of hydrogen-bond acceptors (Lipinski definition) is 7. The highest BCUT2D eigenvalue weighted by Gasteiger charge is 2.25. The van der Waals surface area contributed by atoms with E-state index < -0.39 is 0 Å². The van der Waals surface area contributed by atoms with Crippen LogP contribution in [-0.4, -0.2) is 24.5 Å². The fourth-order valence-corrected chi connectivity index (χ4v) is 6.11. The molecule has 9 heteroatoms. The molecule has 0 unspecified atom stereocenters. The summed E-state index contributed by atoms with van der Waals surface area (Å²) in [6.07, 6.45) is 4.21. The highest BCUT2D eigenvalue weighted by atomic mass is 32.2. The van der Waals surface area contributed by atoms with Gasteiger partial charge in [-0.3, -0.25) is 14.2 Å². The highest BCUT2D eigenvalue weighted by molar-refractivity contribution is 7.98. The molecule has 1 aromatic carbocycles. The normalized spacial score (nSPS) is 14.9. The molecule has 30 heavy (non-hydrogen) atoms. The molecule has 0 N–H and O–H groups in total. The number of thiophene rings is 1. The van der Waals surface area contributed by atoms with Crippen LogP contribution < -0.4 is 11.1 Å². The topological polar surface area (TPSA) is 82.7 Å². The van der Waals surface area contributed by atoms with E-state index in [1.807, 2.05) is 30.5 Å². The first kappa shape index (κ1) is 19.4. The summed E-state index contributed by atoms with van der Waals surface area (Å²) in [5, 5.41) is 10.1. The first-order chi connectivity index (χ1) is 14.5. The second-order valence-electron chi connectivity index (χ2n) is 7.66. The van der Waals surface area contributed by atoms with Gasteiger partial charge in [0.25, 0.3) is 11.1 Å². The van der Waals surface area contributed by atoms with Gasteiger partial charge in [-0.1, -0.05) is 41.9 Å². The van der Waals surface area contributed by atoms with Crippen molar-refractivity contribution in [2.75, 3.05) is 0 Å². The molecule has 0 bridgehead atoms. The molecule has 4 aromatic rings. The van der Waals surface area contributed by atoms with E-state index in [-0.39, 0.29) is 23.0 Å². The Morgan fingerprint density at radius 3 is 2.70 bits per heavy atom. The number of nitrogens with zero attached hydrogens (tertiary/aromatic N) is 5. The number of rotatable bonds is 4. The molecule has 3 aromatic heterocycles. The average molecular weight is 440 g/mol. The predicted octanol–water partition coefficient (Wildman–Crippen LogP) is 4.04. The van der Waals surface area contributed by atoms with Gasteiger partial charge in [-0.25, -0.2) is 4.98 Å². The van der Waals surface area contributed by atoms with Crippen molar-refractivity contribution < 1.29 is 0 Å². The Kier molecular flexibility index (Phi) is 4.94. The molecule has 7 nitrogen and oxygen atoms in total. The average Bonchev–Trinajstić information content (AvgIpc) is 3.36. The van der Waals surface area contributed by atoms with Gasteiger partial charge >= 0.3 is 0 Å². The smallest absolute Gasteiger partial charge is 0.278 e. The second kappa shape index (κ2) is 7.63. The molecule has 0 aliphatic heterocycles. The maximum Gasteiger partial charge on any atom is 0.278 e. The molecule has 1 aliphatic carbocycles. The van der Waals surface area contributed by atoms with Gasteiger partial charge in [-0.05, 0) is 44.4 Å².